The highest BCUT2D eigenvalue weighted by Crippen LogP contribution is 2.39. The summed E-state index contributed by atoms with van der Waals surface area (Å²) in [5.74, 6) is 0.600. The van der Waals surface area contributed by atoms with Gasteiger partial charge in [-0.15, -0.1) is 11.3 Å². The second-order valence-electron chi connectivity index (χ2n) is 7.67. The second kappa shape index (κ2) is 11.9. The van der Waals surface area contributed by atoms with Gasteiger partial charge in [-0.1, -0.05) is 39.0 Å². The number of nitrogens with zero attached hydrogens (tertiary/aromatic N) is 2. The molecule has 0 fully saturated rings. The van der Waals surface area contributed by atoms with E-state index in [1.807, 2.05) is 17.5 Å². The van der Waals surface area contributed by atoms with Gasteiger partial charge in [-0.2, -0.15) is 13.2 Å². The van der Waals surface area contributed by atoms with Gasteiger partial charge in [0.15, 0.2) is 5.13 Å². The molecule has 0 bridgehead atoms. The lowest BCUT2D eigenvalue weighted by Crippen LogP contribution is -2.10. The van der Waals surface area contributed by atoms with Crippen LogP contribution in [0.15, 0.2) is 41.9 Å². The molecule has 0 spiro atoms. The third kappa shape index (κ3) is 7.35. The maximum Gasteiger partial charge on any atom is 0.420 e. The minimum Gasteiger partial charge on any atom is -0.493 e. The van der Waals surface area contributed by atoms with Crippen molar-refractivity contribution in [3.05, 3.63) is 47.5 Å². The Balaban J connectivity index is 1.64. The number of benzene rings is 1. The lowest BCUT2D eigenvalue weighted by atomic mass is 10.1. The Morgan fingerprint density at radius 1 is 1.03 bits per heavy atom. The quantitative estimate of drug-likeness (QED) is 0.261. The van der Waals surface area contributed by atoms with Crippen molar-refractivity contribution in [3.8, 4) is 17.0 Å². The fourth-order valence-electron chi connectivity index (χ4n) is 3.30. The third-order valence-corrected chi connectivity index (χ3v) is 5.87. The van der Waals surface area contributed by atoms with Crippen LogP contribution in [0.5, 0.6) is 5.75 Å². The van der Waals surface area contributed by atoms with Gasteiger partial charge in [0.05, 0.1) is 17.9 Å². The molecule has 2 heterocycles. The van der Waals surface area contributed by atoms with Gasteiger partial charge in [0.25, 0.3) is 0 Å². The zero-order chi connectivity index (χ0) is 23.7. The van der Waals surface area contributed by atoms with Gasteiger partial charge in [0.2, 0.25) is 0 Å². The molecule has 0 aliphatic rings. The van der Waals surface area contributed by atoms with Gasteiger partial charge in [0.1, 0.15) is 11.6 Å². The highest BCUT2D eigenvalue weighted by molar-refractivity contribution is 7.14. The first-order valence-corrected chi connectivity index (χ1v) is 12.0. The predicted octanol–water partition coefficient (Wildman–Crippen LogP) is 7.75. The van der Waals surface area contributed by atoms with E-state index in [0.29, 0.717) is 16.5 Å². The molecular weight excluding hydrogens is 449 g/mol. The summed E-state index contributed by atoms with van der Waals surface area (Å²) in [6.07, 6.45) is 3.47. The van der Waals surface area contributed by atoms with Crippen LogP contribution in [0.25, 0.3) is 11.3 Å². The third-order valence-electron chi connectivity index (χ3n) is 5.11. The molecule has 0 aliphatic heterocycles. The number of rotatable bonds is 12. The topological polar surface area (TPSA) is 59.1 Å². The number of aromatic nitrogens is 2. The van der Waals surface area contributed by atoms with Crippen molar-refractivity contribution in [3.63, 3.8) is 0 Å². The van der Waals surface area contributed by atoms with E-state index in [9.17, 15) is 13.2 Å². The van der Waals surface area contributed by atoms with Crippen LogP contribution in [0.2, 0.25) is 0 Å². The molecule has 0 unspecified atom stereocenters. The maximum atomic E-state index is 13.6. The highest BCUT2D eigenvalue weighted by atomic mass is 32.1. The number of halogens is 3. The van der Waals surface area contributed by atoms with Crippen LogP contribution in [-0.4, -0.2) is 23.6 Å². The Kier molecular flexibility index (Phi) is 8.94. The largest absolute Gasteiger partial charge is 0.493 e. The summed E-state index contributed by atoms with van der Waals surface area (Å²) in [5, 5.41) is 8.25. The van der Waals surface area contributed by atoms with Crippen LogP contribution in [-0.2, 0) is 6.18 Å². The van der Waals surface area contributed by atoms with Crippen LogP contribution < -0.4 is 15.4 Å². The molecule has 2 aromatic heterocycles. The van der Waals surface area contributed by atoms with E-state index in [1.54, 1.807) is 19.3 Å². The second-order valence-corrected chi connectivity index (χ2v) is 8.53. The number of anilines is 3. The molecular formula is C24H29F3N4OS. The number of nitrogens with one attached hydrogen (secondary N) is 2. The Bertz CT molecular complexity index is 1010. The summed E-state index contributed by atoms with van der Waals surface area (Å²) >= 11 is 1.31. The molecule has 1 aromatic carbocycles. The lowest BCUT2D eigenvalue weighted by Gasteiger charge is -2.15. The van der Waals surface area contributed by atoms with Crippen molar-refractivity contribution in [2.45, 2.75) is 51.6 Å². The molecule has 3 rings (SSSR count). The van der Waals surface area contributed by atoms with Crippen LogP contribution in [0.1, 0.15) is 51.0 Å². The summed E-state index contributed by atoms with van der Waals surface area (Å²) in [6, 6.07) is 7.74. The average Bonchev–Trinajstić information content (AvgIpc) is 3.27. The molecule has 3 aromatic rings. The molecule has 0 aliphatic carbocycles. The molecule has 33 heavy (non-hydrogen) atoms. The molecule has 0 saturated carbocycles. The SMILES string of the molecule is CCCCCCCCOc1ccc(Nc2nc(-c3ccc(NC)nc3)cs2)cc1C(F)(F)F. The zero-order valence-electron chi connectivity index (χ0n) is 18.8. The van der Waals surface area contributed by atoms with Crippen molar-refractivity contribution in [1.82, 2.24) is 9.97 Å². The van der Waals surface area contributed by atoms with Gasteiger partial charge >= 0.3 is 6.18 Å². The van der Waals surface area contributed by atoms with Crippen molar-refractivity contribution in [2.75, 3.05) is 24.3 Å². The molecule has 0 radical (unpaired) electrons. The van der Waals surface area contributed by atoms with Crippen molar-refractivity contribution >= 4 is 28.0 Å². The van der Waals surface area contributed by atoms with E-state index in [-0.39, 0.29) is 12.4 Å². The number of ether oxygens (including phenoxy) is 1. The molecule has 178 valence electrons. The van der Waals surface area contributed by atoms with E-state index < -0.39 is 11.7 Å². The first kappa shape index (κ1) is 24.8. The molecule has 2 N–H and O–H groups in total. The summed E-state index contributed by atoms with van der Waals surface area (Å²) in [4.78, 5) is 8.73. The van der Waals surface area contributed by atoms with Gasteiger partial charge in [-0.25, -0.2) is 9.97 Å². The highest BCUT2D eigenvalue weighted by Gasteiger charge is 2.34. The van der Waals surface area contributed by atoms with Gasteiger partial charge < -0.3 is 15.4 Å². The van der Waals surface area contributed by atoms with Crippen LogP contribution in [0.4, 0.5) is 29.8 Å². The smallest absolute Gasteiger partial charge is 0.420 e. The van der Waals surface area contributed by atoms with Crippen molar-refractivity contribution in [2.24, 2.45) is 0 Å². The van der Waals surface area contributed by atoms with Crippen molar-refractivity contribution in [1.29, 1.82) is 0 Å². The Labute approximate surface area is 196 Å². The first-order chi connectivity index (χ1) is 15.9. The number of pyridine rings is 1. The Hall–Kier alpha value is -2.81. The molecule has 9 heteroatoms. The number of alkyl halides is 3. The van der Waals surface area contributed by atoms with E-state index in [0.717, 1.165) is 49.6 Å². The monoisotopic (exact) mass is 478 g/mol. The summed E-state index contributed by atoms with van der Waals surface area (Å²) in [5.41, 5.74) is 1.04. The number of hydrogen-bond donors (Lipinski definition) is 2. The van der Waals surface area contributed by atoms with E-state index in [1.165, 1.54) is 23.8 Å². The number of unbranched alkanes of at least 4 members (excludes halogenated alkanes) is 5. The number of thiazole rings is 1. The van der Waals surface area contributed by atoms with Gasteiger partial charge in [-0.3, -0.25) is 0 Å². The van der Waals surface area contributed by atoms with E-state index >= 15 is 0 Å². The molecule has 0 amide bonds. The van der Waals surface area contributed by atoms with Gasteiger partial charge in [-0.05, 0) is 36.8 Å². The fraction of sp³-hybridized carbons (Fsp3) is 0.417. The van der Waals surface area contributed by atoms with E-state index in [4.69, 9.17) is 4.74 Å². The van der Waals surface area contributed by atoms with Crippen LogP contribution >= 0.6 is 11.3 Å². The Morgan fingerprint density at radius 3 is 2.52 bits per heavy atom. The molecule has 5 nitrogen and oxygen atoms in total. The van der Waals surface area contributed by atoms with Crippen LogP contribution in [0, 0.1) is 0 Å². The molecule has 0 saturated heterocycles. The summed E-state index contributed by atoms with van der Waals surface area (Å²) < 4.78 is 46.4. The summed E-state index contributed by atoms with van der Waals surface area (Å²) in [7, 11) is 1.78. The minimum absolute atomic E-state index is 0.142. The fourth-order valence-corrected chi connectivity index (χ4v) is 4.04. The Morgan fingerprint density at radius 2 is 1.82 bits per heavy atom. The summed E-state index contributed by atoms with van der Waals surface area (Å²) in [6.45, 7) is 2.42. The maximum absolute atomic E-state index is 13.6. The standard InChI is InChI=1S/C24H29F3N4OS/c1-3-4-5-6-7-8-13-32-21-11-10-18(14-19(21)24(25,26)27)30-23-31-20(16-33-23)17-9-12-22(28-2)29-15-17/h9-12,14-16H,3-8,13H2,1-2H3,(H,28,29)(H,30,31). The zero-order valence-corrected chi connectivity index (χ0v) is 19.7. The first-order valence-electron chi connectivity index (χ1n) is 11.1. The van der Waals surface area contributed by atoms with E-state index in [2.05, 4.69) is 27.5 Å². The normalized spacial score (nSPS) is 11.4. The lowest BCUT2D eigenvalue weighted by molar-refractivity contribution is -0.138. The number of hydrogen-bond acceptors (Lipinski definition) is 6. The average molecular weight is 479 g/mol. The molecule has 0 atom stereocenters. The van der Waals surface area contributed by atoms with Crippen molar-refractivity contribution < 1.29 is 17.9 Å². The van der Waals surface area contributed by atoms with Crippen LogP contribution in [0.3, 0.4) is 0 Å². The minimum atomic E-state index is -4.51. The van der Waals surface area contributed by atoms with Gasteiger partial charge in [0, 0.05) is 29.9 Å². The predicted molar refractivity (Wildman–Crippen MR) is 128 cm³/mol.